The molecule has 2 aromatic heterocycles. The molecule has 0 aliphatic carbocycles. The summed E-state index contributed by atoms with van der Waals surface area (Å²) in [5, 5.41) is 15.0. The second kappa shape index (κ2) is 10.6. The van der Waals surface area contributed by atoms with Gasteiger partial charge in [-0.3, -0.25) is 9.59 Å². The van der Waals surface area contributed by atoms with Gasteiger partial charge in [-0.1, -0.05) is 23.9 Å². The summed E-state index contributed by atoms with van der Waals surface area (Å²) in [5.41, 5.74) is 1.36. The highest BCUT2D eigenvalue weighted by Gasteiger charge is 2.21. The number of methoxy groups -OCH3 is 1. The van der Waals surface area contributed by atoms with Gasteiger partial charge < -0.3 is 19.9 Å². The zero-order valence-corrected chi connectivity index (χ0v) is 20.3. The molecule has 170 valence electrons. The van der Waals surface area contributed by atoms with Crippen LogP contribution in [-0.2, 0) is 17.9 Å². The van der Waals surface area contributed by atoms with Gasteiger partial charge in [-0.25, -0.2) is 4.98 Å². The van der Waals surface area contributed by atoms with E-state index in [0.29, 0.717) is 34.0 Å². The number of benzene rings is 1. The molecule has 0 bridgehead atoms. The minimum Gasteiger partial charge on any atom is -0.496 e. The molecular formula is C21H26N6O3S2. The first kappa shape index (κ1) is 23.7. The number of carbonyl (C=O) groups is 2. The molecule has 0 unspecified atom stereocenters. The van der Waals surface area contributed by atoms with Crippen LogP contribution in [0.3, 0.4) is 0 Å². The van der Waals surface area contributed by atoms with Crippen molar-refractivity contribution >= 4 is 40.0 Å². The van der Waals surface area contributed by atoms with Gasteiger partial charge >= 0.3 is 0 Å². The molecule has 0 fully saturated rings. The Hall–Kier alpha value is -2.92. The Morgan fingerprint density at radius 3 is 2.66 bits per heavy atom. The van der Waals surface area contributed by atoms with Gasteiger partial charge in [0.2, 0.25) is 5.91 Å². The highest BCUT2D eigenvalue weighted by molar-refractivity contribution is 8.00. The lowest BCUT2D eigenvalue weighted by Gasteiger charge is -2.12. The molecule has 3 rings (SSSR count). The third-order valence-corrected chi connectivity index (χ3v) is 6.85. The van der Waals surface area contributed by atoms with Crippen LogP contribution in [-0.4, -0.2) is 43.9 Å². The van der Waals surface area contributed by atoms with Crippen molar-refractivity contribution < 1.29 is 14.3 Å². The fraction of sp³-hybridized carbons (Fsp3) is 0.381. The Morgan fingerprint density at radius 1 is 1.25 bits per heavy atom. The van der Waals surface area contributed by atoms with E-state index in [0.717, 1.165) is 10.6 Å². The van der Waals surface area contributed by atoms with Crippen LogP contribution in [0.2, 0.25) is 0 Å². The highest BCUT2D eigenvalue weighted by atomic mass is 32.2. The minimum atomic E-state index is -0.398. The highest BCUT2D eigenvalue weighted by Crippen LogP contribution is 2.26. The zero-order chi connectivity index (χ0) is 23.3. The molecule has 0 saturated carbocycles. The fourth-order valence-electron chi connectivity index (χ4n) is 2.89. The summed E-state index contributed by atoms with van der Waals surface area (Å²) < 4.78 is 7.13. The molecule has 2 amide bonds. The number of rotatable bonds is 9. The van der Waals surface area contributed by atoms with Crippen molar-refractivity contribution in [1.29, 1.82) is 0 Å². The van der Waals surface area contributed by atoms with Crippen LogP contribution in [0, 0.1) is 13.8 Å². The van der Waals surface area contributed by atoms with Gasteiger partial charge in [0.25, 0.3) is 5.91 Å². The molecule has 1 atom stereocenters. The number of para-hydroxylation sites is 1. The number of carbonyl (C=O) groups excluding carboxylic acids is 2. The maximum absolute atomic E-state index is 12.6. The van der Waals surface area contributed by atoms with Crippen LogP contribution in [0.15, 0.2) is 29.4 Å². The number of hydrogen-bond donors (Lipinski definition) is 2. The van der Waals surface area contributed by atoms with E-state index in [2.05, 4.69) is 25.8 Å². The average Bonchev–Trinajstić information content (AvgIpc) is 3.32. The van der Waals surface area contributed by atoms with E-state index < -0.39 is 5.25 Å². The zero-order valence-electron chi connectivity index (χ0n) is 18.6. The largest absolute Gasteiger partial charge is 0.496 e. The maximum Gasteiger partial charge on any atom is 0.255 e. The first-order valence-electron chi connectivity index (χ1n) is 10.1. The minimum absolute atomic E-state index is 0.152. The van der Waals surface area contributed by atoms with Gasteiger partial charge in [0.05, 0.1) is 30.2 Å². The molecule has 9 nitrogen and oxygen atoms in total. The molecule has 0 aliphatic rings. The van der Waals surface area contributed by atoms with E-state index in [1.807, 2.05) is 32.3 Å². The third kappa shape index (κ3) is 5.46. The second-order valence-electron chi connectivity index (χ2n) is 6.94. The van der Waals surface area contributed by atoms with Crippen molar-refractivity contribution in [3.8, 4) is 5.75 Å². The summed E-state index contributed by atoms with van der Waals surface area (Å²) in [6.07, 6.45) is 0. The molecule has 0 aliphatic heterocycles. The Kier molecular flexibility index (Phi) is 7.86. The second-order valence-corrected chi connectivity index (χ2v) is 9.45. The summed E-state index contributed by atoms with van der Waals surface area (Å²) in [6.45, 7) is 8.47. The smallest absolute Gasteiger partial charge is 0.255 e. The van der Waals surface area contributed by atoms with Crippen molar-refractivity contribution in [1.82, 2.24) is 25.1 Å². The topological polar surface area (TPSA) is 111 Å². The van der Waals surface area contributed by atoms with Crippen LogP contribution < -0.4 is 15.4 Å². The van der Waals surface area contributed by atoms with E-state index in [1.54, 1.807) is 24.3 Å². The number of aryl methyl sites for hydroxylation is 2. The van der Waals surface area contributed by atoms with Crippen LogP contribution in [0.4, 0.5) is 5.13 Å². The Labute approximate surface area is 195 Å². The number of anilines is 1. The number of amides is 2. The van der Waals surface area contributed by atoms with E-state index in [9.17, 15) is 9.59 Å². The summed E-state index contributed by atoms with van der Waals surface area (Å²) in [5.74, 6) is 0.699. The standard InChI is InChI=1S/C21H26N6O3S2/c1-6-27-17(11-22-19(29)15-9-7-8-10-16(15)30-5)25-26-21(27)32-14(4)18(28)24-20-23-12(2)13(3)31-20/h7-10,14H,6,11H2,1-5H3,(H,22,29)(H,23,24,28)/t14-/m0/s1. The van der Waals surface area contributed by atoms with Crippen LogP contribution in [0.5, 0.6) is 5.75 Å². The molecule has 2 N–H and O–H groups in total. The molecule has 0 saturated heterocycles. The lowest BCUT2D eigenvalue weighted by Crippen LogP contribution is -2.25. The number of ether oxygens (including phenoxy) is 1. The Balaban J connectivity index is 1.63. The van der Waals surface area contributed by atoms with Crippen LogP contribution in [0.1, 0.15) is 40.6 Å². The lowest BCUT2D eigenvalue weighted by molar-refractivity contribution is -0.115. The van der Waals surface area contributed by atoms with Gasteiger partial charge in [0.1, 0.15) is 5.75 Å². The summed E-state index contributed by atoms with van der Waals surface area (Å²) in [6, 6.07) is 7.02. The van der Waals surface area contributed by atoms with E-state index in [-0.39, 0.29) is 18.4 Å². The van der Waals surface area contributed by atoms with E-state index >= 15 is 0 Å². The molecule has 2 heterocycles. The van der Waals surface area contributed by atoms with Crippen molar-refractivity contribution in [2.24, 2.45) is 0 Å². The van der Waals surface area contributed by atoms with Gasteiger partial charge in [-0.15, -0.1) is 21.5 Å². The van der Waals surface area contributed by atoms with Crippen molar-refractivity contribution in [2.75, 3.05) is 12.4 Å². The van der Waals surface area contributed by atoms with E-state index in [1.165, 1.54) is 30.2 Å². The van der Waals surface area contributed by atoms with Crippen molar-refractivity contribution in [3.05, 3.63) is 46.2 Å². The van der Waals surface area contributed by atoms with Crippen molar-refractivity contribution in [3.63, 3.8) is 0 Å². The molecule has 32 heavy (non-hydrogen) atoms. The predicted molar refractivity (Wildman–Crippen MR) is 125 cm³/mol. The molecule has 11 heteroatoms. The monoisotopic (exact) mass is 474 g/mol. The van der Waals surface area contributed by atoms with Gasteiger partial charge in [0.15, 0.2) is 16.1 Å². The fourth-order valence-corrected chi connectivity index (χ4v) is 4.64. The van der Waals surface area contributed by atoms with Crippen molar-refractivity contribution in [2.45, 2.75) is 51.2 Å². The molecule has 1 aromatic carbocycles. The first-order valence-corrected chi connectivity index (χ1v) is 11.8. The third-order valence-electron chi connectivity index (χ3n) is 4.78. The molecule has 0 spiro atoms. The number of thioether (sulfide) groups is 1. The number of hydrogen-bond acceptors (Lipinski definition) is 8. The lowest BCUT2D eigenvalue weighted by atomic mass is 10.2. The SMILES string of the molecule is CCn1c(CNC(=O)c2ccccc2OC)nnc1S[C@@H](C)C(=O)Nc1nc(C)c(C)s1. The Morgan fingerprint density at radius 2 is 2.00 bits per heavy atom. The quantitative estimate of drug-likeness (QED) is 0.457. The predicted octanol–water partition coefficient (Wildman–Crippen LogP) is 3.43. The molecular weight excluding hydrogens is 448 g/mol. The van der Waals surface area contributed by atoms with E-state index in [4.69, 9.17) is 4.74 Å². The Bertz CT molecular complexity index is 1090. The molecule has 0 radical (unpaired) electrons. The van der Waals surface area contributed by atoms with Gasteiger partial charge in [-0.05, 0) is 39.8 Å². The number of nitrogens with one attached hydrogen (secondary N) is 2. The number of thiazole rings is 1. The normalized spacial score (nSPS) is 11.8. The molecule has 3 aromatic rings. The number of nitrogens with zero attached hydrogens (tertiary/aromatic N) is 4. The van der Waals surface area contributed by atoms with Gasteiger partial charge in [-0.2, -0.15) is 0 Å². The maximum atomic E-state index is 12.6. The van der Waals surface area contributed by atoms with Gasteiger partial charge in [0, 0.05) is 11.4 Å². The van der Waals surface area contributed by atoms with Crippen LogP contribution >= 0.6 is 23.1 Å². The summed E-state index contributed by atoms with van der Waals surface area (Å²) in [4.78, 5) is 30.6. The first-order chi connectivity index (χ1) is 15.3. The van der Waals surface area contributed by atoms with Crippen LogP contribution in [0.25, 0.3) is 0 Å². The summed E-state index contributed by atoms with van der Waals surface area (Å²) >= 11 is 2.77. The average molecular weight is 475 g/mol. The summed E-state index contributed by atoms with van der Waals surface area (Å²) in [7, 11) is 1.53. The number of aromatic nitrogens is 4.